The van der Waals surface area contributed by atoms with Crippen molar-refractivity contribution in [1.29, 1.82) is 0 Å². The fraction of sp³-hybridized carbons (Fsp3) is 0.571. The third kappa shape index (κ3) is 2.05. The molecule has 0 radical (unpaired) electrons. The van der Waals surface area contributed by atoms with Gasteiger partial charge in [0.2, 0.25) is 18.2 Å². The van der Waals surface area contributed by atoms with E-state index in [2.05, 4.69) is 0 Å². The van der Waals surface area contributed by atoms with Gasteiger partial charge in [-0.15, -0.1) is 0 Å². The second-order valence-corrected chi connectivity index (χ2v) is 2.60. The largest absolute Gasteiger partial charge is 0.333 e. The molecule has 1 saturated heterocycles. The highest BCUT2D eigenvalue weighted by Gasteiger charge is 2.21. The van der Waals surface area contributed by atoms with E-state index in [0.29, 0.717) is 19.4 Å². The van der Waals surface area contributed by atoms with E-state index < -0.39 is 5.91 Å². The lowest BCUT2D eigenvalue weighted by Crippen LogP contribution is -2.37. The molecule has 0 unspecified atom stereocenters. The molecule has 0 aromatic rings. The number of carbonyl (C=O) groups is 3. The van der Waals surface area contributed by atoms with Crippen LogP contribution in [0.2, 0.25) is 0 Å². The number of likely N-dealkylation sites (tertiary alicyclic amines) is 1. The topological polar surface area (TPSA) is 66.5 Å². The van der Waals surface area contributed by atoms with Crippen LogP contribution in [0, 0.1) is 0 Å². The van der Waals surface area contributed by atoms with Crippen LogP contribution in [-0.4, -0.2) is 36.2 Å². The maximum Gasteiger partial charge on any atom is 0.245 e. The molecule has 1 fully saturated rings. The molecule has 1 aliphatic heterocycles. The lowest BCUT2D eigenvalue weighted by atomic mass is 10.4. The Morgan fingerprint density at radius 1 is 1.67 bits per heavy atom. The van der Waals surface area contributed by atoms with Gasteiger partial charge in [0.05, 0.1) is 6.54 Å². The third-order valence-electron chi connectivity index (χ3n) is 1.73. The number of amides is 3. The average molecular weight is 170 g/mol. The van der Waals surface area contributed by atoms with Gasteiger partial charge in [-0.05, 0) is 6.42 Å². The molecule has 0 aromatic heterocycles. The minimum absolute atomic E-state index is 0.00241. The van der Waals surface area contributed by atoms with E-state index in [1.165, 1.54) is 4.90 Å². The molecular formula is C7H10N2O3. The first-order valence-electron chi connectivity index (χ1n) is 3.75. The summed E-state index contributed by atoms with van der Waals surface area (Å²) in [5.41, 5.74) is 0. The standard InChI is InChI=1S/C7H10N2O3/c10-5-8-6(11)4-9-3-1-2-7(9)12/h5H,1-4H2,(H,8,10,11). The van der Waals surface area contributed by atoms with Crippen molar-refractivity contribution in [2.45, 2.75) is 12.8 Å². The summed E-state index contributed by atoms with van der Waals surface area (Å²) in [5.74, 6) is -0.448. The Morgan fingerprint density at radius 2 is 2.42 bits per heavy atom. The predicted octanol–water partition coefficient (Wildman–Crippen LogP) is -1.12. The zero-order valence-electron chi connectivity index (χ0n) is 6.58. The minimum atomic E-state index is -0.430. The van der Waals surface area contributed by atoms with E-state index >= 15 is 0 Å². The monoisotopic (exact) mass is 170 g/mol. The van der Waals surface area contributed by atoms with Crippen LogP contribution in [0.1, 0.15) is 12.8 Å². The van der Waals surface area contributed by atoms with Crippen LogP contribution in [-0.2, 0) is 14.4 Å². The molecule has 1 aliphatic rings. The summed E-state index contributed by atoms with van der Waals surface area (Å²) in [6, 6.07) is 0. The number of imide groups is 1. The van der Waals surface area contributed by atoms with Gasteiger partial charge in [-0.25, -0.2) is 0 Å². The molecular weight excluding hydrogens is 160 g/mol. The van der Waals surface area contributed by atoms with Gasteiger partial charge in [-0.3, -0.25) is 19.7 Å². The van der Waals surface area contributed by atoms with Crippen molar-refractivity contribution in [3.63, 3.8) is 0 Å². The summed E-state index contributed by atoms with van der Waals surface area (Å²) in [6.07, 6.45) is 1.63. The Bertz CT molecular complexity index is 215. The molecule has 0 saturated carbocycles. The fourth-order valence-electron chi connectivity index (χ4n) is 1.16. The molecule has 0 aromatic carbocycles. The molecule has 0 aliphatic carbocycles. The Labute approximate surface area is 69.7 Å². The molecule has 1 N–H and O–H groups in total. The first-order valence-corrected chi connectivity index (χ1v) is 3.75. The van der Waals surface area contributed by atoms with Gasteiger partial charge in [0.25, 0.3) is 0 Å². The Kier molecular flexibility index (Phi) is 2.79. The molecule has 5 nitrogen and oxygen atoms in total. The van der Waals surface area contributed by atoms with Crippen molar-refractivity contribution in [3.05, 3.63) is 0 Å². The van der Waals surface area contributed by atoms with Crippen molar-refractivity contribution in [3.8, 4) is 0 Å². The zero-order valence-corrected chi connectivity index (χ0v) is 6.58. The summed E-state index contributed by atoms with van der Waals surface area (Å²) in [6.45, 7) is 0.614. The van der Waals surface area contributed by atoms with E-state index in [-0.39, 0.29) is 12.5 Å². The SMILES string of the molecule is O=CNC(=O)CN1CCCC1=O. The Morgan fingerprint density at radius 3 is 2.92 bits per heavy atom. The average Bonchev–Trinajstić information content (AvgIpc) is 2.37. The summed E-state index contributed by atoms with van der Waals surface area (Å²) >= 11 is 0. The highest BCUT2D eigenvalue weighted by atomic mass is 16.2. The predicted molar refractivity (Wildman–Crippen MR) is 40.0 cm³/mol. The number of hydrogen-bond acceptors (Lipinski definition) is 3. The van der Waals surface area contributed by atoms with Crippen LogP contribution in [0.25, 0.3) is 0 Å². The first-order chi connectivity index (χ1) is 5.74. The highest BCUT2D eigenvalue weighted by Crippen LogP contribution is 2.07. The number of nitrogens with one attached hydrogen (secondary N) is 1. The van der Waals surface area contributed by atoms with Gasteiger partial charge < -0.3 is 4.90 Å². The maximum atomic E-state index is 11.0. The Hall–Kier alpha value is -1.39. The van der Waals surface area contributed by atoms with Crippen molar-refractivity contribution in [1.82, 2.24) is 10.2 Å². The lowest BCUT2D eigenvalue weighted by molar-refractivity contribution is -0.134. The summed E-state index contributed by atoms with van der Waals surface area (Å²) in [4.78, 5) is 33.1. The smallest absolute Gasteiger partial charge is 0.245 e. The fourth-order valence-corrected chi connectivity index (χ4v) is 1.16. The second kappa shape index (κ2) is 3.85. The maximum absolute atomic E-state index is 11.0. The summed E-state index contributed by atoms with van der Waals surface area (Å²) in [5, 5.41) is 1.98. The van der Waals surface area contributed by atoms with Gasteiger partial charge in [-0.1, -0.05) is 0 Å². The number of hydrogen-bond donors (Lipinski definition) is 1. The zero-order chi connectivity index (χ0) is 8.97. The van der Waals surface area contributed by atoms with E-state index in [1.54, 1.807) is 0 Å². The molecule has 0 atom stereocenters. The molecule has 0 bridgehead atoms. The van der Waals surface area contributed by atoms with Crippen LogP contribution in [0.3, 0.4) is 0 Å². The molecule has 5 heteroatoms. The molecule has 1 heterocycles. The first kappa shape index (κ1) is 8.70. The van der Waals surface area contributed by atoms with Gasteiger partial charge >= 0.3 is 0 Å². The van der Waals surface area contributed by atoms with E-state index in [0.717, 1.165) is 6.42 Å². The lowest BCUT2D eigenvalue weighted by Gasteiger charge is -2.12. The molecule has 1 rings (SSSR count). The summed E-state index contributed by atoms with van der Waals surface area (Å²) in [7, 11) is 0. The van der Waals surface area contributed by atoms with Crippen molar-refractivity contribution in [2.24, 2.45) is 0 Å². The van der Waals surface area contributed by atoms with Crippen LogP contribution >= 0.6 is 0 Å². The van der Waals surface area contributed by atoms with E-state index in [4.69, 9.17) is 0 Å². The van der Waals surface area contributed by atoms with Gasteiger partial charge in [0.1, 0.15) is 0 Å². The van der Waals surface area contributed by atoms with Crippen LogP contribution in [0.4, 0.5) is 0 Å². The number of rotatable bonds is 3. The van der Waals surface area contributed by atoms with Gasteiger partial charge in [-0.2, -0.15) is 0 Å². The highest BCUT2D eigenvalue weighted by molar-refractivity contribution is 5.90. The van der Waals surface area contributed by atoms with Crippen molar-refractivity contribution < 1.29 is 14.4 Å². The molecule has 12 heavy (non-hydrogen) atoms. The molecule has 0 spiro atoms. The Balaban J connectivity index is 2.34. The molecule has 66 valence electrons. The van der Waals surface area contributed by atoms with Gasteiger partial charge in [0, 0.05) is 13.0 Å². The van der Waals surface area contributed by atoms with E-state index in [1.807, 2.05) is 5.32 Å². The van der Waals surface area contributed by atoms with Crippen LogP contribution in [0.5, 0.6) is 0 Å². The van der Waals surface area contributed by atoms with Gasteiger partial charge in [0.15, 0.2) is 0 Å². The number of nitrogens with zero attached hydrogens (tertiary/aromatic N) is 1. The normalized spacial score (nSPS) is 16.3. The quantitative estimate of drug-likeness (QED) is 0.546. The van der Waals surface area contributed by atoms with Crippen LogP contribution in [0.15, 0.2) is 0 Å². The van der Waals surface area contributed by atoms with Crippen LogP contribution < -0.4 is 5.32 Å². The minimum Gasteiger partial charge on any atom is -0.333 e. The number of carbonyl (C=O) groups excluding carboxylic acids is 3. The van der Waals surface area contributed by atoms with E-state index in [9.17, 15) is 14.4 Å². The third-order valence-corrected chi connectivity index (χ3v) is 1.73. The molecule has 3 amide bonds. The summed E-state index contributed by atoms with van der Waals surface area (Å²) < 4.78 is 0. The van der Waals surface area contributed by atoms with Crippen molar-refractivity contribution in [2.75, 3.05) is 13.1 Å². The second-order valence-electron chi connectivity index (χ2n) is 2.60. The van der Waals surface area contributed by atoms with Crippen molar-refractivity contribution >= 4 is 18.2 Å².